The molecule has 0 unspecified atom stereocenters. The summed E-state index contributed by atoms with van der Waals surface area (Å²) in [5, 5.41) is 14.7. The number of esters is 1. The van der Waals surface area contributed by atoms with Gasteiger partial charge in [-0.1, -0.05) is 0 Å². The third-order valence-corrected chi connectivity index (χ3v) is 3.24. The lowest BCUT2D eigenvalue weighted by molar-refractivity contribution is -0.384. The highest BCUT2D eigenvalue weighted by atomic mass is 79.9. The first kappa shape index (κ1) is 14.9. The lowest BCUT2D eigenvalue weighted by Crippen LogP contribution is -2.21. The van der Waals surface area contributed by atoms with Gasteiger partial charge in [0.05, 0.1) is 17.7 Å². The standard InChI is InChI=1S/C12H8BrN3O5/c1-21-12(18)11-10(17)4-5-15(14-11)9-6-7(16(19)20)2-3-8(9)13/h2-6H,1H3. The number of hydrogen-bond acceptors (Lipinski definition) is 6. The molecule has 0 aliphatic carbocycles. The van der Waals surface area contributed by atoms with Crippen LogP contribution in [0.1, 0.15) is 10.5 Å². The SMILES string of the molecule is COC(=O)c1nn(-c2cc([N+](=O)[O-])ccc2Br)ccc1=O. The first-order valence-corrected chi connectivity index (χ1v) is 6.36. The fourth-order valence-corrected chi connectivity index (χ4v) is 2.00. The maximum atomic E-state index is 11.6. The number of non-ortho nitro benzene ring substituents is 1. The fraction of sp³-hybridized carbons (Fsp3) is 0.0833. The van der Waals surface area contributed by atoms with E-state index >= 15 is 0 Å². The van der Waals surface area contributed by atoms with Gasteiger partial charge in [0.15, 0.2) is 0 Å². The van der Waals surface area contributed by atoms with Crippen molar-refractivity contribution in [3.63, 3.8) is 0 Å². The maximum Gasteiger partial charge on any atom is 0.362 e. The quantitative estimate of drug-likeness (QED) is 0.472. The smallest absolute Gasteiger partial charge is 0.362 e. The Morgan fingerprint density at radius 1 is 1.43 bits per heavy atom. The minimum absolute atomic E-state index is 0.145. The Bertz CT molecular complexity index is 787. The van der Waals surface area contributed by atoms with Gasteiger partial charge in [0, 0.05) is 28.9 Å². The molecular formula is C12H8BrN3O5. The van der Waals surface area contributed by atoms with Gasteiger partial charge in [0.1, 0.15) is 0 Å². The summed E-state index contributed by atoms with van der Waals surface area (Å²) in [4.78, 5) is 33.3. The lowest BCUT2D eigenvalue weighted by atomic mass is 10.3. The minimum Gasteiger partial charge on any atom is -0.464 e. The Labute approximate surface area is 126 Å². The molecule has 9 heteroatoms. The molecule has 0 N–H and O–H groups in total. The molecule has 1 aromatic carbocycles. The third-order valence-electron chi connectivity index (χ3n) is 2.57. The Morgan fingerprint density at radius 2 is 2.14 bits per heavy atom. The van der Waals surface area contributed by atoms with E-state index in [0.717, 1.165) is 13.2 Å². The van der Waals surface area contributed by atoms with Gasteiger partial charge in [-0.15, -0.1) is 0 Å². The molecule has 0 saturated carbocycles. The van der Waals surface area contributed by atoms with Crippen LogP contribution in [0.5, 0.6) is 0 Å². The first-order valence-electron chi connectivity index (χ1n) is 5.56. The van der Waals surface area contributed by atoms with E-state index < -0.39 is 22.0 Å². The predicted molar refractivity (Wildman–Crippen MR) is 75.5 cm³/mol. The number of nitro benzene ring substituents is 1. The topological polar surface area (TPSA) is 104 Å². The van der Waals surface area contributed by atoms with Crippen LogP contribution in [0.4, 0.5) is 5.69 Å². The van der Waals surface area contributed by atoms with Crippen LogP contribution < -0.4 is 5.43 Å². The molecule has 2 aromatic rings. The summed E-state index contributed by atoms with van der Waals surface area (Å²) in [5.74, 6) is -0.879. The van der Waals surface area contributed by atoms with Gasteiger partial charge in [0.25, 0.3) is 5.69 Å². The third kappa shape index (κ3) is 2.97. The molecule has 21 heavy (non-hydrogen) atoms. The molecule has 0 spiro atoms. The zero-order valence-electron chi connectivity index (χ0n) is 10.6. The van der Waals surface area contributed by atoms with Crippen LogP contribution in [0.15, 0.2) is 39.7 Å². The van der Waals surface area contributed by atoms with E-state index in [1.54, 1.807) is 0 Å². The number of halogens is 1. The number of methoxy groups -OCH3 is 1. The summed E-state index contributed by atoms with van der Waals surface area (Å²) in [6, 6.07) is 5.19. The van der Waals surface area contributed by atoms with Gasteiger partial charge in [-0.05, 0) is 22.0 Å². The number of nitro groups is 1. The second-order valence-electron chi connectivity index (χ2n) is 3.86. The number of ether oxygens (including phenoxy) is 1. The summed E-state index contributed by atoms with van der Waals surface area (Å²) >= 11 is 3.24. The maximum absolute atomic E-state index is 11.6. The van der Waals surface area contributed by atoms with Crippen molar-refractivity contribution < 1.29 is 14.5 Å². The van der Waals surface area contributed by atoms with E-state index in [0.29, 0.717) is 10.2 Å². The van der Waals surface area contributed by atoms with Crippen molar-refractivity contribution in [2.24, 2.45) is 0 Å². The molecule has 0 radical (unpaired) electrons. The molecule has 108 valence electrons. The minimum atomic E-state index is -0.879. The van der Waals surface area contributed by atoms with E-state index in [1.807, 2.05) is 0 Å². The number of rotatable bonds is 3. The lowest BCUT2D eigenvalue weighted by Gasteiger charge is -2.08. The fourth-order valence-electron chi connectivity index (χ4n) is 1.57. The van der Waals surface area contributed by atoms with E-state index in [4.69, 9.17) is 0 Å². The number of aromatic nitrogens is 2. The largest absolute Gasteiger partial charge is 0.464 e. The Hall–Kier alpha value is -2.55. The van der Waals surface area contributed by atoms with Gasteiger partial charge < -0.3 is 4.74 Å². The second-order valence-corrected chi connectivity index (χ2v) is 4.71. The molecular weight excluding hydrogens is 346 g/mol. The van der Waals surface area contributed by atoms with Crippen LogP contribution in [0.3, 0.4) is 0 Å². The molecule has 0 fully saturated rings. The van der Waals surface area contributed by atoms with Crippen molar-refractivity contribution in [2.45, 2.75) is 0 Å². The monoisotopic (exact) mass is 353 g/mol. The van der Waals surface area contributed by atoms with Crippen LogP contribution in [-0.4, -0.2) is 27.8 Å². The van der Waals surface area contributed by atoms with Crippen molar-refractivity contribution in [2.75, 3.05) is 7.11 Å². The van der Waals surface area contributed by atoms with Crippen LogP contribution in [-0.2, 0) is 4.74 Å². The highest BCUT2D eigenvalue weighted by Crippen LogP contribution is 2.25. The van der Waals surface area contributed by atoms with Crippen molar-refractivity contribution in [1.29, 1.82) is 0 Å². The van der Waals surface area contributed by atoms with Crippen LogP contribution in [0, 0.1) is 10.1 Å². The zero-order valence-corrected chi connectivity index (χ0v) is 12.2. The average Bonchev–Trinajstić information content (AvgIpc) is 2.47. The van der Waals surface area contributed by atoms with Gasteiger partial charge >= 0.3 is 5.97 Å². The Balaban J connectivity index is 2.62. The van der Waals surface area contributed by atoms with Crippen LogP contribution in [0.25, 0.3) is 5.69 Å². The van der Waals surface area contributed by atoms with Crippen molar-refractivity contribution in [1.82, 2.24) is 9.78 Å². The first-order chi connectivity index (χ1) is 9.93. The van der Waals surface area contributed by atoms with Crippen molar-refractivity contribution >= 4 is 27.6 Å². The van der Waals surface area contributed by atoms with Crippen molar-refractivity contribution in [3.8, 4) is 5.69 Å². The number of hydrogen-bond donors (Lipinski definition) is 0. The second kappa shape index (κ2) is 5.83. The molecule has 8 nitrogen and oxygen atoms in total. The van der Waals surface area contributed by atoms with Crippen LogP contribution in [0.2, 0.25) is 0 Å². The molecule has 2 rings (SSSR count). The van der Waals surface area contributed by atoms with Crippen LogP contribution >= 0.6 is 15.9 Å². The van der Waals surface area contributed by atoms with Gasteiger partial charge in [-0.2, -0.15) is 5.10 Å². The summed E-state index contributed by atoms with van der Waals surface area (Å²) in [6.45, 7) is 0. The normalized spacial score (nSPS) is 10.2. The molecule has 0 bridgehead atoms. The van der Waals surface area contributed by atoms with Gasteiger partial charge in [-0.25, -0.2) is 9.48 Å². The summed E-state index contributed by atoms with van der Waals surface area (Å²) in [5.41, 5.74) is -0.833. The Morgan fingerprint density at radius 3 is 2.76 bits per heavy atom. The van der Waals surface area contributed by atoms with Crippen molar-refractivity contribution in [3.05, 3.63) is 61.0 Å². The number of carbonyl (C=O) groups excluding carboxylic acids is 1. The highest BCUT2D eigenvalue weighted by molar-refractivity contribution is 9.10. The molecule has 0 aliphatic heterocycles. The van der Waals surface area contributed by atoms with E-state index in [2.05, 4.69) is 25.8 Å². The predicted octanol–water partition coefficient (Wildman–Crippen LogP) is 1.69. The molecule has 0 aliphatic rings. The molecule has 0 saturated heterocycles. The molecule has 1 heterocycles. The number of nitrogens with zero attached hydrogens (tertiary/aromatic N) is 3. The molecule has 1 aromatic heterocycles. The summed E-state index contributed by atoms with van der Waals surface area (Å²) < 4.78 is 6.16. The van der Waals surface area contributed by atoms with Gasteiger partial charge in [0.2, 0.25) is 11.1 Å². The zero-order chi connectivity index (χ0) is 15.6. The highest BCUT2D eigenvalue weighted by Gasteiger charge is 2.16. The van der Waals surface area contributed by atoms with E-state index in [9.17, 15) is 19.7 Å². The summed E-state index contributed by atoms with van der Waals surface area (Å²) in [7, 11) is 1.13. The molecule has 0 atom stereocenters. The Kier molecular flexibility index (Phi) is 4.13. The summed E-state index contributed by atoms with van der Waals surface area (Å²) in [6.07, 6.45) is 1.30. The number of benzene rings is 1. The van der Waals surface area contributed by atoms with E-state index in [1.165, 1.54) is 29.1 Å². The number of carbonyl (C=O) groups is 1. The van der Waals surface area contributed by atoms with E-state index in [-0.39, 0.29) is 5.69 Å². The molecule has 0 amide bonds. The average molecular weight is 354 g/mol. The van der Waals surface area contributed by atoms with Gasteiger partial charge in [-0.3, -0.25) is 14.9 Å².